The molecule has 0 N–H and O–H groups in total. The third-order valence-corrected chi connectivity index (χ3v) is 3.43. The van der Waals surface area contributed by atoms with Crippen molar-refractivity contribution in [1.29, 1.82) is 0 Å². The van der Waals surface area contributed by atoms with Gasteiger partial charge in [0.05, 0.1) is 12.2 Å². The van der Waals surface area contributed by atoms with Gasteiger partial charge in [-0.15, -0.1) is 0 Å². The van der Waals surface area contributed by atoms with E-state index in [9.17, 15) is 14.0 Å². The normalized spacial score (nSPS) is 14.7. The van der Waals surface area contributed by atoms with Gasteiger partial charge in [0, 0.05) is 17.6 Å². The van der Waals surface area contributed by atoms with Gasteiger partial charge in [-0.3, -0.25) is 4.79 Å². The van der Waals surface area contributed by atoms with Crippen LogP contribution in [0, 0.1) is 0 Å². The zero-order chi connectivity index (χ0) is 16.3. The van der Waals surface area contributed by atoms with Crippen LogP contribution in [-0.2, 0) is 14.3 Å². The summed E-state index contributed by atoms with van der Waals surface area (Å²) in [6.45, 7) is 5.01. The summed E-state index contributed by atoms with van der Waals surface area (Å²) in [6.07, 6.45) is 0.172. The molecule has 5 heteroatoms. The van der Waals surface area contributed by atoms with Gasteiger partial charge in [0.15, 0.2) is 5.78 Å². The quantitative estimate of drug-likeness (QED) is 0.794. The highest BCUT2D eigenvalue weighted by atomic mass is 19.1. The van der Waals surface area contributed by atoms with Crippen LogP contribution in [0.2, 0.25) is 0 Å². The van der Waals surface area contributed by atoms with Crippen molar-refractivity contribution in [3.8, 4) is 0 Å². The fraction of sp³-hybridized carbons (Fsp3) is 0.294. The van der Waals surface area contributed by atoms with Crippen LogP contribution >= 0.6 is 0 Å². The van der Waals surface area contributed by atoms with E-state index >= 15 is 0 Å². The lowest BCUT2D eigenvalue weighted by atomic mass is 9.94. The van der Waals surface area contributed by atoms with Crippen molar-refractivity contribution in [2.24, 2.45) is 0 Å². The molecule has 0 saturated heterocycles. The molecular formula is C17H17FO4. The van der Waals surface area contributed by atoms with Crippen LogP contribution in [0.25, 0.3) is 5.57 Å². The third kappa shape index (κ3) is 3.24. The number of carbonyl (C=O) groups is 2. The van der Waals surface area contributed by atoms with Gasteiger partial charge in [-0.05, 0) is 38.5 Å². The largest absolute Gasteiger partial charge is 0.462 e. The molecule has 1 aromatic carbocycles. The summed E-state index contributed by atoms with van der Waals surface area (Å²) < 4.78 is 23.9. The summed E-state index contributed by atoms with van der Waals surface area (Å²) in [5, 5.41) is 0. The van der Waals surface area contributed by atoms with Gasteiger partial charge in [0.25, 0.3) is 6.01 Å². The number of benzene rings is 1. The van der Waals surface area contributed by atoms with Gasteiger partial charge in [-0.2, -0.15) is 4.39 Å². The number of hydrogen-bond acceptors (Lipinski definition) is 4. The van der Waals surface area contributed by atoms with Crippen LogP contribution in [-0.4, -0.2) is 18.4 Å². The van der Waals surface area contributed by atoms with Gasteiger partial charge in [0.1, 0.15) is 5.76 Å². The van der Waals surface area contributed by atoms with Crippen molar-refractivity contribution in [3.05, 3.63) is 52.7 Å². The molecule has 0 aliphatic carbocycles. The Balaban J connectivity index is 2.27. The van der Waals surface area contributed by atoms with Gasteiger partial charge in [-0.25, -0.2) is 4.79 Å². The minimum atomic E-state index is -0.716. The summed E-state index contributed by atoms with van der Waals surface area (Å²) in [5.41, 5.74) is 1.70. The molecule has 2 rings (SSSR count). The van der Waals surface area contributed by atoms with E-state index in [1.54, 1.807) is 38.1 Å². The van der Waals surface area contributed by atoms with Gasteiger partial charge < -0.3 is 9.47 Å². The average Bonchev–Trinajstić information content (AvgIpc) is 2.47. The Morgan fingerprint density at radius 1 is 1.27 bits per heavy atom. The molecule has 0 unspecified atom stereocenters. The molecule has 4 nitrogen and oxygen atoms in total. The number of halogens is 1. The lowest BCUT2D eigenvalue weighted by Gasteiger charge is -2.19. The van der Waals surface area contributed by atoms with E-state index in [1.807, 2.05) is 0 Å². The molecule has 116 valence electrons. The minimum Gasteiger partial charge on any atom is -0.462 e. The van der Waals surface area contributed by atoms with E-state index in [4.69, 9.17) is 9.47 Å². The first-order valence-corrected chi connectivity index (χ1v) is 6.98. The maximum Gasteiger partial charge on any atom is 0.338 e. The molecule has 0 fully saturated rings. The Morgan fingerprint density at radius 3 is 2.45 bits per heavy atom. The summed E-state index contributed by atoms with van der Waals surface area (Å²) in [5.74, 6) is -0.286. The first-order valence-electron chi connectivity index (χ1n) is 6.98. The van der Waals surface area contributed by atoms with Crippen LogP contribution in [0.15, 0.2) is 41.6 Å². The van der Waals surface area contributed by atoms with Crippen molar-refractivity contribution in [3.63, 3.8) is 0 Å². The predicted octanol–water partition coefficient (Wildman–Crippen LogP) is 3.78. The second kappa shape index (κ2) is 6.56. The molecule has 0 saturated carbocycles. The molecule has 1 aliphatic heterocycles. The van der Waals surface area contributed by atoms with E-state index < -0.39 is 12.0 Å². The van der Waals surface area contributed by atoms with Crippen LogP contribution < -0.4 is 0 Å². The Hall–Kier alpha value is -2.43. The number of carbonyl (C=O) groups excluding carboxylic acids is 2. The average molecular weight is 304 g/mol. The van der Waals surface area contributed by atoms with Gasteiger partial charge in [0.2, 0.25) is 0 Å². The van der Waals surface area contributed by atoms with Crippen molar-refractivity contribution in [2.75, 3.05) is 6.61 Å². The van der Waals surface area contributed by atoms with Crippen molar-refractivity contribution in [1.82, 2.24) is 0 Å². The summed E-state index contributed by atoms with van der Waals surface area (Å²) in [6, 6.07) is 5.64. The molecule has 1 heterocycles. The molecule has 0 aromatic heterocycles. The molecule has 22 heavy (non-hydrogen) atoms. The third-order valence-electron chi connectivity index (χ3n) is 3.43. The SMILES string of the molecule is CCOC(=O)c1ccc(C2=C(F)OC(C)=C(C(C)=O)C2)cc1. The smallest absolute Gasteiger partial charge is 0.338 e. The standard InChI is InChI=1S/C17H17FO4/c1-4-21-17(20)13-7-5-12(6-8-13)15-9-14(10(2)19)11(3)22-16(15)18/h5-8H,4,9H2,1-3H3. The predicted molar refractivity (Wildman–Crippen MR) is 79.5 cm³/mol. The van der Waals surface area contributed by atoms with E-state index in [1.165, 1.54) is 6.92 Å². The highest BCUT2D eigenvalue weighted by Gasteiger charge is 2.24. The number of rotatable bonds is 4. The number of ether oxygens (including phenoxy) is 2. The lowest BCUT2D eigenvalue weighted by molar-refractivity contribution is -0.113. The molecule has 0 spiro atoms. The number of hydrogen-bond donors (Lipinski definition) is 0. The molecular weight excluding hydrogens is 287 g/mol. The second-order valence-electron chi connectivity index (χ2n) is 4.92. The number of allylic oxidation sites excluding steroid dienone is 3. The van der Waals surface area contributed by atoms with Crippen LogP contribution in [0.5, 0.6) is 0 Å². The van der Waals surface area contributed by atoms with Crippen LogP contribution in [0.4, 0.5) is 4.39 Å². The molecule has 1 aliphatic rings. The molecule has 0 amide bonds. The van der Waals surface area contributed by atoms with Crippen LogP contribution in [0.1, 0.15) is 43.1 Å². The van der Waals surface area contributed by atoms with Gasteiger partial charge in [-0.1, -0.05) is 12.1 Å². The van der Waals surface area contributed by atoms with Crippen LogP contribution in [0.3, 0.4) is 0 Å². The maximum atomic E-state index is 14.0. The lowest BCUT2D eigenvalue weighted by Crippen LogP contribution is -2.10. The Kier molecular flexibility index (Phi) is 4.75. The first-order chi connectivity index (χ1) is 10.4. The minimum absolute atomic E-state index is 0.148. The fourth-order valence-electron chi connectivity index (χ4n) is 2.24. The Morgan fingerprint density at radius 2 is 1.91 bits per heavy atom. The highest BCUT2D eigenvalue weighted by Crippen LogP contribution is 2.35. The Labute approximate surface area is 128 Å². The highest BCUT2D eigenvalue weighted by molar-refractivity contribution is 5.97. The number of ketones is 1. The van der Waals surface area contributed by atoms with E-state index in [0.29, 0.717) is 28.9 Å². The van der Waals surface area contributed by atoms with E-state index in [2.05, 4.69) is 0 Å². The first kappa shape index (κ1) is 15.9. The van der Waals surface area contributed by atoms with Crippen molar-refractivity contribution < 1.29 is 23.5 Å². The molecule has 0 radical (unpaired) electrons. The monoisotopic (exact) mass is 304 g/mol. The van der Waals surface area contributed by atoms with Crippen molar-refractivity contribution in [2.45, 2.75) is 27.2 Å². The van der Waals surface area contributed by atoms with Crippen molar-refractivity contribution >= 4 is 17.3 Å². The second-order valence-corrected chi connectivity index (χ2v) is 4.92. The maximum absolute atomic E-state index is 14.0. The summed E-state index contributed by atoms with van der Waals surface area (Å²) in [4.78, 5) is 23.2. The van der Waals surface area contributed by atoms with E-state index in [0.717, 1.165) is 0 Å². The van der Waals surface area contributed by atoms with E-state index in [-0.39, 0.29) is 18.0 Å². The zero-order valence-corrected chi connectivity index (χ0v) is 12.7. The number of esters is 1. The summed E-state index contributed by atoms with van der Waals surface area (Å²) in [7, 11) is 0. The van der Waals surface area contributed by atoms with Gasteiger partial charge >= 0.3 is 5.97 Å². The number of Topliss-reactive ketones (excluding diaryl/α,β-unsaturated/α-hetero) is 1. The fourth-order valence-corrected chi connectivity index (χ4v) is 2.24. The molecule has 0 atom stereocenters. The molecule has 1 aromatic rings. The Bertz CT molecular complexity index is 668. The summed E-state index contributed by atoms with van der Waals surface area (Å²) >= 11 is 0. The zero-order valence-electron chi connectivity index (χ0n) is 12.7. The topological polar surface area (TPSA) is 52.6 Å². The molecule has 0 bridgehead atoms.